The maximum Gasteiger partial charge on any atom is 0.135 e. The van der Waals surface area contributed by atoms with Crippen molar-refractivity contribution in [2.45, 2.75) is 45.2 Å². The van der Waals surface area contributed by atoms with Crippen molar-refractivity contribution in [1.82, 2.24) is 14.9 Å². The molecule has 0 spiro atoms. The van der Waals surface area contributed by atoms with Gasteiger partial charge in [0.25, 0.3) is 0 Å². The van der Waals surface area contributed by atoms with Gasteiger partial charge in [-0.15, -0.1) is 0 Å². The van der Waals surface area contributed by atoms with E-state index < -0.39 is 0 Å². The zero-order chi connectivity index (χ0) is 12.7. The van der Waals surface area contributed by atoms with Crippen molar-refractivity contribution in [3.05, 3.63) is 11.4 Å². The molecular formula is C13H21N5. The third kappa shape index (κ3) is 2.27. The van der Waals surface area contributed by atoms with E-state index in [0.29, 0.717) is 11.9 Å². The highest BCUT2D eigenvalue weighted by Crippen LogP contribution is 2.30. The van der Waals surface area contributed by atoms with Gasteiger partial charge in [0.05, 0.1) is 0 Å². The Morgan fingerprint density at radius 1 is 1.22 bits per heavy atom. The van der Waals surface area contributed by atoms with E-state index in [1.54, 1.807) is 0 Å². The Kier molecular flexibility index (Phi) is 2.86. The van der Waals surface area contributed by atoms with Crippen molar-refractivity contribution < 1.29 is 0 Å². The summed E-state index contributed by atoms with van der Waals surface area (Å²) < 4.78 is 0. The summed E-state index contributed by atoms with van der Waals surface area (Å²) in [6.45, 7) is 6.20. The van der Waals surface area contributed by atoms with Crippen LogP contribution in [0.15, 0.2) is 0 Å². The number of aromatic nitrogens is 2. The minimum Gasteiger partial charge on any atom is -0.383 e. The van der Waals surface area contributed by atoms with E-state index in [-0.39, 0.29) is 0 Å². The first-order valence-electron chi connectivity index (χ1n) is 6.75. The molecule has 0 aromatic carbocycles. The number of hydrogen-bond donors (Lipinski definition) is 2. The molecule has 5 heteroatoms. The van der Waals surface area contributed by atoms with Gasteiger partial charge in [-0.1, -0.05) is 0 Å². The molecular weight excluding hydrogens is 226 g/mol. The Bertz CT molecular complexity index is 455. The van der Waals surface area contributed by atoms with E-state index in [9.17, 15) is 0 Å². The highest BCUT2D eigenvalue weighted by molar-refractivity contribution is 5.55. The van der Waals surface area contributed by atoms with Crippen molar-refractivity contribution in [3.63, 3.8) is 0 Å². The second-order valence-electron chi connectivity index (χ2n) is 5.49. The Labute approximate surface area is 108 Å². The smallest absolute Gasteiger partial charge is 0.135 e. The van der Waals surface area contributed by atoms with Crippen LogP contribution >= 0.6 is 0 Å². The van der Waals surface area contributed by atoms with Gasteiger partial charge in [-0.3, -0.25) is 4.90 Å². The molecule has 1 aromatic rings. The average molecular weight is 247 g/mol. The molecule has 3 N–H and O–H groups in total. The summed E-state index contributed by atoms with van der Waals surface area (Å²) in [7, 11) is 0. The van der Waals surface area contributed by atoms with Crippen LogP contribution in [0, 0.1) is 13.8 Å². The van der Waals surface area contributed by atoms with Crippen LogP contribution in [-0.4, -0.2) is 40.0 Å². The summed E-state index contributed by atoms with van der Waals surface area (Å²) in [5.74, 6) is 2.22. The third-order valence-electron chi connectivity index (χ3n) is 3.92. The number of likely N-dealkylation sites (tertiary alicyclic amines) is 1. The maximum atomic E-state index is 5.88. The number of nitrogens with one attached hydrogen (secondary N) is 1. The summed E-state index contributed by atoms with van der Waals surface area (Å²) >= 11 is 0. The van der Waals surface area contributed by atoms with Gasteiger partial charge in [-0.05, 0) is 33.1 Å². The summed E-state index contributed by atoms with van der Waals surface area (Å²) in [6, 6.07) is 1.35. The molecule has 1 atom stereocenters. The van der Waals surface area contributed by atoms with Crippen molar-refractivity contribution in [2.24, 2.45) is 0 Å². The first kappa shape index (κ1) is 11.7. The second kappa shape index (κ2) is 4.39. The van der Waals surface area contributed by atoms with E-state index in [1.165, 1.54) is 25.8 Å². The summed E-state index contributed by atoms with van der Waals surface area (Å²) in [4.78, 5) is 11.2. The van der Waals surface area contributed by atoms with E-state index in [1.807, 2.05) is 13.8 Å². The van der Waals surface area contributed by atoms with Crippen LogP contribution in [-0.2, 0) is 0 Å². The second-order valence-corrected chi connectivity index (χ2v) is 5.49. The highest BCUT2D eigenvalue weighted by atomic mass is 15.2. The standard InChI is InChI=1S/C13H21N5/c1-8-12(14)15-9(2)16-13(8)17-10-5-6-18(7-10)11-3-4-11/h10-11H,3-7H2,1-2H3,(H3,14,15,16,17). The lowest BCUT2D eigenvalue weighted by Gasteiger charge is -2.18. The summed E-state index contributed by atoms with van der Waals surface area (Å²) in [5, 5.41) is 3.53. The lowest BCUT2D eigenvalue weighted by atomic mass is 10.2. The molecule has 1 saturated carbocycles. The van der Waals surface area contributed by atoms with E-state index in [4.69, 9.17) is 5.73 Å². The zero-order valence-electron chi connectivity index (χ0n) is 11.1. The molecule has 98 valence electrons. The molecule has 1 aliphatic carbocycles. The highest BCUT2D eigenvalue weighted by Gasteiger charge is 2.34. The third-order valence-corrected chi connectivity index (χ3v) is 3.92. The molecule has 0 radical (unpaired) electrons. The van der Waals surface area contributed by atoms with Gasteiger partial charge in [0.15, 0.2) is 0 Å². The van der Waals surface area contributed by atoms with Crippen LogP contribution in [0.5, 0.6) is 0 Å². The topological polar surface area (TPSA) is 67.1 Å². The number of nitrogens with two attached hydrogens (primary N) is 1. The van der Waals surface area contributed by atoms with Crippen molar-refractivity contribution >= 4 is 11.6 Å². The molecule has 1 aliphatic heterocycles. The molecule has 1 saturated heterocycles. The van der Waals surface area contributed by atoms with Gasteiger partial charge in [0.1, 0.15) is 17.5 Å². The number of anilines is 2. The molecule has 18 heavy (non-hydrogen) atoms. The normalized spacial score (nSPS) is 24.4. The first-order chi connectivity index (χ1) is 8.63. The lowest BCUT2D eigenvalue weighted by Crippen LogP contribution is -2.28. The van der Waals surface area contributed by atoms with Crippen molar-refractivity contribution in [3.8, 4) is 0 Å². The molecule has 1 unspecified atom stereocenters. The quantitative estimate of drug-likeness (QED) is 0.843. The van der Waals surface area contributed by atoms with Crippen LogP contribution < -0.4 is 11.1 Å². The van der Waals surface area contributed by atoms with Crippen molar-refractivity contribution in [2.75, 3.05) is 24.1 Å². The van der Waals surface area contributed by atoms with Gasteiger partial charge in [0, 0.05) is 30.7 Å². The van der Waals surface area contributed by atoms with Crippen LogP contribution in [0.25, 0.3) is 0 Å². The Hall–Kier alpha value is -1.36. The molecule has 0 amide bonds. The van der Waals surface area contributed by atoms with E-state index >= 15 is 0 Å². The van der Waals surface area contributed by atoms with Crippen LogP contribution in [0.2, 0.25) is 0 Å². The molecule has 0 bridgehead atoms. The molecule has 3 rings (SSSR count). The molecule has 1 aromatic heterocycles. The number of hydrogen-bond acceptors (Lipinski definition) is 5. The Morgan fingerprint density at radius 2 is 2.00 bits per heavy atom. The fraction of sp³-hybridized carbons (Fsp3) is 0.692. The van der Waals surface area contributed by atoms with Crippen LogP contribution in [0.1, 0.15) is 30.7 Å². The Morgan fingerprint density at radius 3 is 2.72 bits per heavy atom. The Balaban J connectivity index is 1.69. The maximum absolute atomic E-state index is 5.88. The average Bonchev–Trinajstić information content (AvgIpc) is 3.07. The van der Waals surface area contributed by atoms with Crippen LogP contribution in [0.3, 0.4) is 0 Å². The lowest BCUT2D eigenvalue weighted by molar-refractivity contribution is 0.326. The summed E-state index contributed by atoms with van der Waals surface area (Å²) in [5.41, 5.74) is 6.84. The predicted molar refractivity (Wildman–Crippen MR) is 72.5 cm³/mol. The number of nitrogen functional groups attached to an aromatic ring is 1. The number of rotatable bonds is 3. The minimum atomic E-state index is 0.498. The summed E-state index contributed by atoms with van der Waals surface area (Å²) in [6.07, 6.45) is 3.95. The van der Waals surface area contributed by atoms with Gasteiger partial charge >= 0.3 is 0 Å². The van der Waals surface area contributed by atoms with Gasteiger partial charge in [0.2, 0.25) is 0 Å². The van der Waals surface area contributed by atoms with E-state index in [0.717, 1.165) is 29.8 Å². The molecule has 2 heterocycles. The SMILES string of the molecule is Cc1nc(N)c(C)c(NC2CCN(C3CC3)C2)n1. The number of aryl methyl sites for hydroxylation is 1. The number of nitrogens with zero attached hydrogens (tertiary/aromatic N) is 3. The zero-order valence-corrected chi connectivity index (χ0v) is 11.1. The predicted octanol–water partition coefficient (Wildman–Crippen LogP) is 1.32. The van der Waals surface area contributed by atoms with Gasteiger partial charge in [-0.2, -0.15) is 0 Å². The molecule has 5 nitrogen and oxygen atoms in total. The minimum absolute atomic E-state index is 0.498. The first-order valence-corrected chi connectivity index (χ1v) is 6.75. The largest absolute Gasteiger partial charge is 0.383 e. The molecule has 2 aliphatic rings. The van der Waals surface area contributed by atoms with Gasteiger partial charge < -0.3 is 11.1 Å². The fourth-order valence-corrected chi connectivity index (χ4v) is 2.66. The molecule has 2 fully saturated rings. The monoisotopic (exact) mass is 247 g/mol. The van der Waals surface area contributed by atoms with E-state index in [2.05, 4.69) is 20.2 Å². The fourth-order valence-electron chi connectivity index (χ4n) is 2.66. The van der Waals surface area contributed by atoms with Crippen molar-refractivity contribution in [1.29, 1.82) is 0 Å². The van der Waals surface area contributed by atoms with Gasteiger partial charge in [-0.25, -0.2) is 9.97 Å². The van der Waals surface area contributed by atoms with Crippen LogP contribution in [0.4, 0.5) is 11.6 Å².